The number of aliphatic hydroxyl groups is 1. The molecule has 0 aliphatic carbocycles. The van der Waals surface area contributed by atoms with Gasteiger partial charge in [-0.15, -0.1) is 0 Å². The number of nitrogens with zero attached hydrogens (tertiary/aromatic N) is 1. The number of phosphoric acid groups is 1. The first-order valence-electron chi connectivity index (χ1n) is 36.0. The second-order valence-electron chi connectivity index (χ2n) is 25.2. The number of aliphatic hydroxyl groups excluding tert-OH is 1. The third-order valence-electron chi connectivity index (χ3n) is 15.6. The number of carbonyl (C=O) groups is 1. The van der Waals surface area contributed by atoms with Crippen molar-refractivity contribution >= 4 is 13.7 Å². The summed E-state index contributed by atoms with van der Waals surface area (Å²) in [6, 6.07) is -0.918. The highest BCUT2D eigenvalue weighted by Gasteiger charge is 2.23. The fourth-order valence-corrected chi connectivity index (χ4v) is 10.8. The van der Waals surface area contributed by atoms with E-state index in [0.717, 1.165) is 109 Å². The summed E-state index contributed by atoms with van der Waals surface area (Å²) in [6.45, 7) is 4.53. The van der Waals surface area contributed by atoms with Crippen molar-refractivity contribution in [3.8, 4) is 0 Å². The lowest BCUT2D eigenvalue weighted by molar-refractivity contribution is -0.870. The Morgan fingerprint density at radius 3 is 1.07 bits per heavy atom. The zero-order valence-electron chi connectivity index (χ0n) is 57.2. The van der Waals surface area contributed by atoms with Crippen LogP contribution in [-0.2, 0) is 18.4 Å². The average Bonchev–Trinajstić information content (AvgIpc) is 3.70. The van der Waals surface area contributed by atoms with Gasteiger partial charge in [0.2, 0.25) is 5.91 Å². The number of carbonyl (C=O) groups excluding carboxylic acids is 1. The molecular formula is C78H137N2O6P. The highest BCUT2D eigenvalue weighted by Crippen LogP contribution is 2.38. The van der Waals surface area contributed by atoms with E-state index in [1.165, 1.54) is 173 Å². The van der Waals surface area contributed by atoms with Gasteiger partial charge in [0.1, 0.15) is 13.2 Å². The Bertz CT molecular complexity index is 1880. The van der Waals surface area contributed by atoms with Crippen LogP contribution in [0.5, 0.6) is 0 Å². The first kappa shape index (κ1) is 83.6. The maximum atomic E-state index is 13.0. The molecule has 2 N–H and O–H groups in total. The summed E-state index contributed by atoms with van der Waals surface area (Å²) in [6.07, 6.45) is 101. The Morgan fingerprint density at radius 2 is 0.713 bits per heavy atom. The number of nitrogens with one attached hydrogen (secondary N) is 1. The largest absolute Gasteiger partial charge is 0.756 e. The normalized spacial score (nSPS) is 14.4. The first-order chi connectivity index (χ1) is 42.5. The number of amides is 1. The fraction of sp³-hybridized carbons (Fsp3) is 0.705. The molecule has 500 valence electrons. The van der Waals surface area contributed by atoms with Crippen LogP contribution >= 0.6 is 7.82 Å². The molecule has 0 saturated carbocycles. The van der Waals surface area contributed by atoms with Gasteiger partial charge >= 0.3 is 0 Å². The number of likely N-dealkylation sites (N-methyl/N-ethyl adjacent to an activating group) is 1. The summed E-state index contributed by atoms with van der Waals surface area (Å²) < 4.78 is 23.4. The van der Waals surface area contributed by atoms with Crippen LogP contribution in [0, 0.1) is 0 Å². The predicted octanol–water partition coefficient (Wildman–Crippen LogP) is 22.8. The molecule has 0 aliphatic heterocycles. The summed E-state index contributed by atoms with van der Waals surface area (Å²) in [5, 5.41) is 13.9. The first-order valence-corrected chi connectivity index (χ1v) is 37.5. The van der Waals surface area contributed by atoms with Crippen molar-refractivity contribution in [3.63, 3.8) is 0 Å². The number of allylic oxidation sites excluding steroid dienone is 21. The van der Waals surface area contributed by atoms with Crippen LogP contribution in [0.2, 0.25) is 0 Å². The molecule has 0 rings (SSSR count). The minimum absolute atomic E-state index is 0.0136. The number of hydrogen-bond donors (Lipinski definition) is 2. The van der Waals surface area contributed by atoms with Crippen molar-refractivity contribution in [2.24, 2.45) is 0 Å². The molecule has 0 aromatic carbocycles. The maximum absolute atomic E-state index is 13.0. The van der Waals surface area contributed by atoms with Crippen molar-refractivity contribution in [2.45, 2.75) is 315 Å². The van der Waals surface area contributed by atoms with E-state index in [0.29, 0.717) is 17.4 Å². The molecule has 0 aromatic heterocycles. The molecule has 0 aromatic rings. The maximum Gasteiger partial charge on any atom is 0.268 e. The Morgan fingerprint density at radius 1 is 0.414 bits per heavy atom. The second-order valence-corrected chi connectivity index (χ2v) is 26.6. The molecule has 8 nitrogen and oxygen atoms in total. The van der Waals surface area contributed by atoms with E-state index in [2.05, 4.69) is 141 Å². The van der Waals surface area contributed by atoms with Crippen molar-refractivity contribution in [1.82, 2.24) is 5.32 Å². The third kappa shape index (κ3) is 70.0. The Kier molecular flexibility index (Phi) is 64.5. The summed E-state index contributed by atoms with van der Waals surface area (Å²) >= 11 is 0. The SMILES string of the molecule is CC/C=C\C/C=C\C/C=C\C/C=C\C/C=C\C/C=C\C/C=C\C/C=C\C/C=C\CCCCCCCCCCCC(=O)NC(COP(=O)([O-])OCC[N+](C)(C)C)C(O)/C=C/CC/C=C/CCCCCCCCCCCCCCCCCCCCCCCC. The van der Waals surface area contributed by atoms with Gasteiger partial charge in [-0.1, -0.05) is 327 Å². The van der Waals surface area contributed by atoms with Crippen molar-refractivity contribution in [3.05, 3.63) is 134 Å². The molecule has 0 saturated heterocycles. The predicted molar refractivity (Wildman–Crippen MR) is 380 cm³/mol. The van der Waals surface area contributed by atoms with Crippen molar-refractivity contribution in [1.29, 1.82) is 0 Å². The van der Waals surface area contributed by atoms with Crippen LogP contribution in [0.1, 0.15) is 303 Å². The van der Waals surface area contributed by atoms with Gasteiger partial charge in [-0.05, 0) is 103 Å². The van der Waals surface area contributed by atoms with Gasteiger partial charge in [0.25, 0.3) is 7.82 Å². The smallest absolute Gasteiger partial charge is 0.268 e. The van der Waals surface area contributed by atoms with E-state index in [9.17, 15) is 19.4 Å². The van der Waals surface area contributed by atoms with Gasteiger partial charge in [0.15, 0.2) is 0 Å². The Balaban J connectivity index is 4.16. The number of hydrogen-bond acceptors (Lipinski definition) is 6. The van der Waals surface area contributed by atoms with E-state index < -0.39 is 26.6 Å². The van der Waals surface area contributed by atoms with Crippen LogP contribution < -0.4 is 10.2 Å². The molecule has 0 bridgehead atoms. The Labute approximate surface area is 538 Å². The second kappa shape index (κ2) is 67.0. The average molecular weight is 1230 g/mol. The molecule has 9 heteroatoms. The number of quaternary nitrogens is 1. The fourth-order valence-electron chi connectivity index (χ4n) is 10.0. The summed E-state index contributed by atoms with van der Waals surface area (Å²) in [7, 11) is 1.23. The molecule has 0 aliphatic rings. The van der Waals surface area contributed by atoms with Crippen molar-refractivity contribution < 1.29 is 32.9 Å². The molecule has 3 unspecified atom stereocenters. The van der Waals surface area contributed by atoms with Gasteiger partial charge < -0.3 is 28.8 Å². The Hall–Kier alpha value is -3.36. The molecule has 1 amide bonds. The van der Waals surface area contributed by atoms with Crippen LogP contribution in [0.15, 0.2) is 134 Å². The molecular weight excluding hydrogens is 1090 g/mol. The lowest BCUT2D eigenvalue weighted by Gasteiger charge is -2.29. The van der Waals surface area contributed by atoms with Gasteiger partial charge in [-0.25, -0.2) is 0 Å². The summed E-state index contributed by atoms with van der Waals surface area (Å²) in [5.41, 5.74) is 0. The van der Waals surface area contributed by atoms with E-state index in [4.69, 9.17) is 9.05 Å². The minimum Gasteiger partial charge on any atom is -0.756 e. The molecule has 0 fully saturated rings. The molecule has 0 radical (unpaired) electrons. The lowest BCUT2D eigenvalue weighted by Crippen LogP contribution is -2.45. The topological polar surface area (TPSA) is 108 Å². The van der Waals surface area contributed by atoms with Crippen LogP contribution in [-0.4, -0.2) is 68.5 Å². The van der Waals surface area contributed by atoms with E-state index in [1.54, 1.807) is 6.08 Å². The van der Waals surface area contributed by atoms with Gasteiger partial charge in [0, 0.05) is 6.42 Å². The van der Waals surface area contributed by atoms with E-state index in [-0.39, 0.29) is 12.5 Å². The number of phosphoric ester groups is 1. The zero-order chi connectivity index (χ0) is 63.4. The minimum atomic E-state index is -4.62. The number of unbranched alkanes of at least 4 members (excludes halogenated alkanes) is 32. The molecule has 87 heavy (non-hydrogen) atoms. The zero-order valence-corrected chi connectivity index (χ0v) is 58.1. The summed E-state index contributed by atoms with van der Waals surface area (Å²) in [5.74, 6) is -0.216. The molecule has 0 heterocycles. The van der Waals surface area contributed by atoms with Crippen LogP contribution in [0.25, 0.3) is 0 Å². The highest BCUT2D eigenvalue weighted by atomic mass is 31.2. The monoisotopic (exact) mass is 1230 g/mol. The third-order valence-corrected chi connectivity index (χ3v) is 16.6. The van der Waals surface area contributed by atoms with Gasteiger partial charge in [0.05, 0.1) is 39.9 Å². The quantitative estimate of drug-likeness (QED) is 0.0272. The van der Waals surface area contributed by atoms with Crippen molar-refractivity contribution in [2.75, 3.05) is 40.9 Å². The highest BCUT2D eigenvalue weighted by molar-refractivity contribution is 7.45. The lowest BCUT2D eigenvalue weighted by atomic mass is 10.0. The summed E-state index contributed by atoms with van der Waals surface area (Å²) in [4.78, 5) is 25.6. The number of rotatable bonds is 65. The van der Waals surface area contributed by atoms with Gasteiger partial charge in [-0.2, -0.15) is 0 Å². The molecule has 0 spiro atoms. The standard InChI is InChI=1S/C78H137N2O6P/c1-6-8-10-12-14-16-18-20-22-24-26-28-30-32-34-36-37-38-39-40-41-42-43-44-46-48-50-52-54-56-58-60-62-64-66-68-70-72-78(82)79-76(75-86-87(83,84)85-74-73-80(3,4)5)77(81)71-69-67-65-63-61-59-57-55-53-51-49-47-45-35-33-31-29-27-25-23-21-19-17-15-13-11-9-7-2/h8,10,14,16,20,22,26,28,32,34,37-38,40-41,43-44,48,50,61,63,69,71,76-77,81H,6-7,9,11-13,15,17-19,21,23-25,27,29-31,33,35-36,39,42,45-47,49,51-60,62,64-68,70,72-75H2,1-5H3,(H-,79,82,83,84)/b10-8-,16-14-,22-20-,28-26-,34-32-,38-37-,41-40-,44-43-,50-48-,63-61+,71-69+. The van der Waals surface area contributed by atoms with Crippen LogP contribution in [0.4, 0.5) is 0 Å². The van der Waals surface area contributed by atoms with Gasteiger partial charge in [-0.3, -0.25) is 9.36 Å². The van der Waals surface area contributed by atoms with Crippen LogP contribution in [0.3, 0.4) is 0 Å². The molecule has 3 atom stereocenters. The van der Waals surface area contributed by atoms with E-state index >= 15 is 0 Å². The van der Waals surface area contributed by atoms with E-state index in [1.807, 2.05) is 27.2 Å².